The normalized spacial score (nSPS) is 17.3. The lowest BCUT2D eigenvalue weighted by molar-refractivity contribution is -0.122. The Morgan fingerprint density at radius 3 is 2.68 bits per heavy atom. The van der Waals surface area contributed by atoms with E-state index in [1.807, 2.05) is 30.3 Å². The largest absolute Gasteiger partial charge is 0.376 e. The molecule has 0 radical (unpaired) electrons. The average molecular weight is 262 g/mol. The van der Waals surface area contributed by atoms with Crippen LogP contribution in [0.15, 0.2) is 30.3 Å². The Morgan fingerprint density at radius 1 is 1.32 bits per heavy atom. The second kappa shape index (κ2) is 7.26. The molecule has 1 saturated carbocycles. The maximum atomic E-state index is 11.8. The van der Waals surface area contributed by atoms with E-state index in [9.17, 15) is 4.79 Å². The van der Waals surface area contributed by atoms with Gasteiger partial charge in [-0.05, 0) is 18.4 Å². The Labute approximate surface area is 114 Å². The zero-order valence-corrected chi connectivity index (χ0v) is 11.2. The van der Waals surface area contributed by atoms with Gasteiger partial charge in [0.25, 0.3) is 0 Å². The van der Waals surface area contributed by atoms with Gasteiger partial charge in [0.15, 0.2) is 0 Å². The fourth-order valence-electron chi connectivity index (χ4n) is 2.38. The van der Waals surface area contributed by atoms with Crippen LogP contribution in [0.2, 0.25) is 0 Å². The van der Waals surface area contributed by atoms with E-state index in [0.717, 1.165) is 18.4 Å². The van der Waals surface area contributed by atoms with E-state index in [4.69, 9.17) is 10.5 Å². The number of amides is 1. The highest BCUT2D eigenvalue weighted by Gasteiger charge is 2.16. The molecule has 0 heterocycles. The molecule has 1 aliphatic rings. The summed E-state index contributed by atoms with van der Waals surface area (Å²) in [4.78, 5) is 11.8. The molecule has 1 amide bonds. The number of benzene rings is 1. The van der Waals surface area contributed by atoms with Gasteiger partial charge in [0.2, 0.25) is 5.91 Å². The Bertz CT molecular complexity index is 388. The predicted octanol–water partition coefficient (Wildman–Crippen LogP) is 1.76. The Kier molecular flexibility index (Phi) is 5.36. The zero-order valence-electron chi connectivity index (χ0n) is 11.2. The van der Waals surface area contributed by atoms with Crippen molar-refractivity contribution >= 4 is 5.91 Å². The van der Waals surface area contributed by atoms with Crippen LogP contribution in [-0.4, -0.2) is 25.2 Å². The maximum Gasteiger partial charge on any atom is 0.241 e. The van der Waals surface area contributed by atoms with Gasteiger partial charge in [0, 0.05) is 6.54 Å². The molecule has 2 rings (SSSR count). The molecule has 1 fully saturated rings. The molecule has 19 heavy (non-hydrogen) atoms. The number of carbonyl (C=O) groups excluding carboxylic acids is 1. The molecular formula is C15H22N2O2. The number of nitrogens with one attached hydrogen (secondary N) is 1. The highest BCUT2D eigenvalue weighted by atomic mass is 16.5. The van der Waals surface area contributed by atoms with E-state index in [2.05, 4.69) is 5.32 Å². The molecule has 4 heteroatoms. The summed E-state index contributed by atoms with van der Waals surface area (Å²) < 4.78 is 5.68. The van der Waals surface area contributed by atoms with Crippen molar-refractivity contribution in [2.75, 3.05) is 13.2 Å². The maximum absolute atomic E-state index is 11.8. The van der Waals surface area contributed by atoms with E-state index in [0.29, 0.717) is 19.3 Å². The summed E-state index contributed by atoms with van der Waals surface area (Å²) in [7, 11) is 0. The first-order valence-electron chi connectivity index (χ1n) is 6.97. The molecule has 104 valence electrons. The SMILES string of the molecule is N[C@@H](C(=O)NCCOC1CCCC1)c1ccccc1. The average Bonchev–Trinajstić information content (AvgIpc) is 2.96. The van der Waals surface area contributed by atoms with Crippen LogP contribution in [0.3, 0.4) is 0 Å². The second-order valence-corrected chi connectivity index (χ2v) is 4.96. The number of hydrogen-bond acceptors (Lipinski definition) is 3. The molecule has 1 aromatic rings. The molecule has 0 spiro atoms. The first-order valence-corrected chi connectivity index (χ1v) is 6.97. The van der Waals surface area contributed by atoms with Crippen LogP contribution < -0.4 is 11.1 Å². The van der Waals surface area contributed by atoms with Gasteiger partial charge >= 0.3 is 0 Å². The first kappa shape index (κ1) is 14.0. The number of carbonyl (C=O) groups is 1. The van der Waals surface area contributed by atoms with Crippen LogP contribution in [0.5, 0.6) is 0 Å². The molecule has 0 aliphatic heterocycles. The van der Waals surface area contributed by atoms with Crippen LogP contribution >= 0.6 is 0 Å². The number of ether oxygens (including phenoxy) is 1. The van der Waals surface area contributed by atoms with Gasteiger partial charge in [0.1, 0.15) is 6.04 Å². The van der Waals surface area contributed by atoms with Crippen molar-refractivity contribution in [2.24, 2.45) is 5.73 Å². The molecule has 0 saturated heterocycles. The van der Waals surface area contributed by atoms with Gasteiger partial charge in [-0.2, -0.15) is 0 Å². The van der Waals surface area contributed by atoms with E-state index >= 15 is 0 Å². The third-order valence-electron chi connectivity index (χ3n) is 3.50. The third kappa shape index (κ3) is 4.33. The van der Waals surface area contributed by atoms with Gasteiger partial charge in [-0.15, -0.1) is 0 Å². The summed E-state index contributed by atoms with van der Waals surface area (Å²) in [6.07, 6.45) is 5.21. The molecule has 1 aliphatic carbocycles. The van der Waals surface area contributed by atoms with Crippen molar-refractivity contribution in [2.45, 2.75) is 37.8 Å². The number of hydrogen-bond donors (Lipinski definition) is 2. The topological polar surface area (TPSA) is 64.4 Å². The third-order valence-corrected chi connectivity index (χ3v) is 3.50. The summed E-state index contributed by atoms with van der Waals surface area (Å²) in [5.74, 6) is -0.152. The van der Waals surface area contributed by atoms with Crippen molar-refractivity contribution in [1.82, 2.24) is 5.32 Å². The summed E-state index contributed by atoms with van der Waals surface area (Å²) >= 11 is 0. The van der Waals surface area contributed by atoms with Crippen molar-refractivity contribution in [3.8, 4) is 0 Å². The van der Waals surface area contributed by atoms with Crippen molar-refractivity contribution in [3.63, 3.8) is 0 Å². The fraction of sp³-hybridized carbons (Fsp3) is 0.533. The molecule has 4 nitrogen and oxygen atoms in total. The Morgan fingerprint density at radius 2 is 2.00 bits per heavy atom. The van der Waals surface area contributed by atoms with Crippen molar-refractivity contribution in [3.05, 3.63) is 35.9 Å². The quantitative estimate of drug-likeness (QED) is 0.768. The van der Waals surface area contributed by atoms with Gasteiger partial charge in [0.05, 0.1) is 12.7 Å². The molecule has 3 N–H and O–H groups in total. The minimum Gasteiger partial charge on any atom is -0.376 e. The van der Waals surface area contributed by atoms with E-state index in [1.54, 1.807) is 0 Å². The molecular weight excluding hydrogens is 240 g/mol. The monoisotopic (exact) mass is 262 g/mol. The number of rotatable bonds is 6. The van der Waals surface area contributed by atoms with E-state index in [-0.39, 0.29) is 5.91 Å². The Hall–Kier alpha value is -1.39. The first-order chi connectivity index (χ1) is 9.27. The van der Waals surface area contributed by atoms with Gasteiger partial charge in [-0.1, -0.05) is 43.2 Å². The zero-order chi connectivity index (χ0) is 13.5. The van der Waals surface area contributed by atoms with E-state index < -0.39 is 6.04 Å². The molecule has 0 unspecified atom stereocenters. The molecule has 1 aromatic carbocycles. The molecule has 1 atom stereocenters. The lowest BCUT2D eigenvalue weighted by Crippen LogP contribution is -2.36. The van der Waals surface area contributed by atoms with Crippen LogP contribution in [0, 0.1) is 0 Å². The highest BCUT2D eigenvalue weighted by molar-refractivity contribution is 5.82. The lowest BCUT2D eigenvalue weighted by atomic mass is 10.1. The summed E-state index contributed by atoms with van der Waals surface area (Å²) in [5.41, 5.74) is 6.72. The van der Waals surface area contributed by atoms with Gasteiger partial charge in [-0.3, -0.25) is 4.79 Å². The highest BCUT2D eigenvalue weighted by Crippen LogP contribution is 2.20. The van der Waals surface area contributed by atoms with Gasteiger partial charge < -0.3 is 15.8 Å². The molecule has 0 bridgehead atoms. The number of nitrogens with two attached hydrogens (primary N) is 1. The Balaban J connectivity index is 1.66. The lowest BCUT2D eigenvalue weighted by Gasteiger charge is -2.14. The fourth-order valence-corrected chi connectivity index (χ4v) is 2.38. The smallest absolute Gasteiger partial charge is 0.241 e. The standard InChI is InChI=1S/C15H22N2O2/c16-14(12-6-2-1-3-7-12)15(18)17-10-11-19-13-8-4-5-9-13/h1-3,6-7,13-14H,4-5,8-11,16H2,(H,17,18)/t14-/m1/s1. The van der Waals surface area contributed by atoms with Crippen LogP contribution in [0.4, 0.5) is 0 Å². The minimum absolute atomic E-state index is 0.152. The van der Waals surface area contributed by atoms with Crippen molar-refractivity contribution < 1.29 is 9.53 Å². The van der Waals surface area contributed by atoms with Gasteiger partial charge in [-0.25, -0.2) is 0 Å². The van der Waals surface area contributed by atoms with Crippen LogP contribution in [0.1, 0.15) is 37.3 Å². The van der Waals surface area contributed by atoms with E-state index in [1.165, 1.54) is 12.8 Å². The predicted molar refractivity (Wildman–Crippen MR) is 74.6 cm³/mol. The summed E-state index contributed by atoms with van der Waals surface area (Å²) in [5, 5.41) is 2.82. The van der Waals surface area contributed by atoms with Crippen LogP contribution in [-0.2, 0) is 9.53 Å². The summed E-state index contributed by atoms with van der Waals surface area (Å²) in [6.45, 7) is 1.09. The van der Waals surface area contributed by atoms with Crippen molar-refractivity contribution in [1.29, 1.82) is 0 Å². The minimum atomic E-state index is -0.604. The summed E-state index contributed by atoms with van der Waals surface area (Å²) in [6, 6.07) is 8.78. The van der Waals surface area contributed by atoms with Crippen LogP contribution in [0.25, 0.3) is 0 Å². The second-order valence-electron chi connectivity index (χ2n) is 4.96. The molecule has 0 aromatic heterocycles.